The van der Waals surface area contributed by atoms with Crippen molar-refractivity contribution in [2.24, 2.45) is 0 Å². The van der Waals surface area contributed by atoms with Gasteiger partial charge in [0.1, 0.15) is 6.33 Å². The van der Waals surface area contributed by atoms with E-state index in [1.807, 2.05) is 19.2 Å². The minimum Gasteiger partial charge on any atom is -0.370 e. The van der Waals surface area contributed by atoms with E-state index in [0.717, 1.165) is 42.3 Å². The van der Waals surface area contributed by atoms with Crippen LogP contribution >= 0.6 is 0 Å². The molecule has 1 N–H and O–H groups in total. The molecule has 1 aromatic carbocycles. The summed E-state index contributed by atoms with van der Waals surface area (Å²) in [5.74, 6) is -1.46. The number of piperidine rings is 1. The maximum Gasteiger partial charge on any atom is 0.247 e. The van der Waals surface area contributed by atoms with Gasteiger partial charge in [0.15, 0.2) is 11.6 Å². The van der Waals surface area contributed by atoms with Crippen molar-refractivity contribution in [3.05, 3.63) is 54.1 Å². The Hall–Kier alpha value is -3.03. The van der Waals surface area contributed by atoms with Crippen molar-refractivity contribution >= 4 is 17.3 Å². The molecule has 1 saturated heterocycles. The Kier molecular flexibility index (Phi) is 4.70. The monoisotopic (exact) mass is 370 g/mol. The predicted molar refractivity (Wildman–Crippen MR) is 99.6 cm³/mol. The summed E-state index contributed by atoms with van der Waals surface area (Å²) >= 11 is 0. The van der Waals surface area contributed by atoms with Crippen LogP contribution in [0.25, 0.3) is 5.69 Å². The Labute approximate surface area is 155 Å². The molecule has 27 heavy (non-hydrogen) atoms. The lowest BCUT2D eigenvalue weighted by molar-refractivity contribution is 0.507. The molecule has 0 radical (unpaired) electrons. The zero-order chi connectivity index (χ0) is 18.8. The predicted octanol–water partition coefficient (Wildman–Crippen LogP) is 3.98. The van der Waals surface area contributed by atoms with Crippen LogP contribution in [-0.4, -0.2) is 32.8 Å². The van der Waals surface area contributed by atoms with Gasteiger partial charge in [0.05, 0.1) is 29.0 Å². The molecule has 8 heteroatoms. The van der Waals surface area contributed by atoms with Gasteiger partial charge in [0.25, 0.3) is 0 Å². The van der Waals surface area contributed by atoms with Crippen LogP contribution < -0.4 is 10.2 Å². The number of nitrogens with zero attached hydrogens (tertiary/aromatic N) is 5. The molecule has 1 aliphatic rings. The number of pyridine rings is 1. The molecule has 0 saturated carbocycles. The van der Waals surface area contributed by atoms with E-state index in [0.29, 0.717) is 11.6 Å². The average molecular weight is 370 g/mol. The highest BCUT2D eigenvalue weighted by atomic mass is 19.2. The standard InChI is InChI=1S/C19H20F2N6/c1-13-18(10-15(11-22-13)26-7-3-2-4-8-26)24-19-23-12-27(25-19)14-5-6-16(20)17(21)9-14/h5-6,9-12H,2-4,7-8H2,1H3,(H,24,25). The zero-order valence-corrected chi connectivity index (χ0v) is 15.0. The van der Waals surface area contributed by atoms with Crippen molar-refractivity contribution < 1.29 is 8.78 Å². The maximum atomic E-state index is 13.4. The highest BCUT2D eigenvalue weighted by Gasteiger charge is 2.14. The van der Waals surface area contributed by atoms with E-state index < -0.39 is 11.6 Å². The van der Waals surface area contributed by atoms with Crippen molar-refractivity contribution in [1.29, 1.82) is 0 Å². The first-order chi connectivity index (χ1) is 13.1. The van der Waals surface area contributed by atoms with Gasteiger partial charge in [-0.25, -0.2) is 13.5 Å². The van der Waals surface area contributed by atoms with Crippen LogP contribution in [0.4, 0.5) is 26.1 Å². The fraction of sp³-hybridized carbons (Fsp3) is 0.316. The second-order valence-corrected chi connectivity index (χ2v) is 6.61. The van der Waals surface area contributed by atoms with Crippen LogP contribution in [0.2, 0.25) is 0 Å². The topological polar surface area (TPSA) is 58.9 Å². The number of halogens is 2. The van der Waals surface area contributed by atoms with Crippen LogP contribution in [0, 0.1) is 18.6 Å². The van der Waals surface area contributed by atoms with Crippen LogP contribution in [0.1, 0.15) is 25.0 Å². The number of nitrogens with one attached hydrogen (secondary N) is 1. The molecular formula is C19H20F2N6. The van der Waals surface area contributed by atoms with Crippen molar-refractivity contribution in [3.8, 4) is 5.69 Å². The first-order valence-electron chi connectivity index (χ1n) is 8.96. The van der Waals surface area contributed by atoms with Crippen molar-refractivity contribution in [2.75, 3.05) is 23.3 Å². The summed E-state index contributed by atoms with van der Waals surface area (Å²) in [5.41, 5.74) is 3.12. The summed E-state index contributed by atoms with van der Waals surface area (Å²) in [6, 6.07) is 5.64. The second kappa shape index (κ2) is 7.30. The first-order valence-corrected chi connectivity index (χ1v) is 8.96. The van der Waals surface area contributed by atoms with Gasteiger partial charge in [-0.2, -0.15) is 4.98 Å². The van der Waals surface area contributed by atoms with Gasteiger partial charge in [-0.1, -0.05) is 0 Å². The SMILES string of the molecule is Cc1ncc(N2CCCCC2)cc1Nc1ncn(-c2ccc(F)c(F)c2)n1. The summed E-state index contributed by atoms with van der Waals surface area (Å²) in [6.07, 6.45) is 6.99. The van der Waals surface area contributed by atoms with Gasteiger partial charge < -0.3 is 10.2 Å². The fourth-order valence-electron chi connectivity index (χ4n) is 3.17. The largest absolute Gasteiger partial charge is 0.370 e. The maximum absolute atomic E-state index is 13.4. The summed E-state index contributed by atoms with van der Waals surface area (Å²) in [7, 11) is 0. The highest BCUT2D eigenvalue weighted by Crippen LogP contribution is 2.25. The number of hydrogen-bond acceptors (Lipinski definition) is 5. The summed E-state index contributed by atoms with van der Waals surface area (Å²) in [6.45, 7) is 3.98. The van der Waals surface area contributed by atoms with Gasteiger partial charge in [0.2, 0.25) is 5.95 Å². The van der Waals surface area contributed by atoms with E-state index >= 15 is 0 Å². The average Bonchev–Trinajstić information content (AvgIpc) is 3.15. The molecule has 0 amide bonds. The Balaban J connectivity index is 1.55. The molecule has 0 unspecified atom stereocenters. The quantitative estimate of drug-likeness (QED) is 0.753. The summed E-state index contributed by atoms with van der Waals surface area (Å²) in [4.78, 5) is 11.0. The van der Waals surface area contributed by atoms with Crippen molar-refractivity contribution in [3.63, 3.8) is 0 Å². The van der Waals surface area contributed by atoms with Gasteiger partial charge in [-0.05, 0) is 44.4 Å². The van der Waals surface area contributed by atoms with E-state index in [1.165, 1.54) is 36.3 Å². The molecule has 2 aromatic heterocycles. The van der Waals surface area contributed by atoms with E-state index in [9.17, 15) is 8.78 Å². The highest BCUT2D eigenvalue weighted by molar-refractivity contribution is 5.63. The normalized spacial score (nSPS) is 14.4. The molecule has 0 spiro atoms. The number of benzene rings is 1. The van der Waals surface area contributed by atoms with Crippen molar-refractivity contribution in [2.45, 2.75) is 26.2 Å². The van der Waals surface area contributed by atoms with E-state index in [2.05, 4.69) is 25.3 Å². The molecule has 140 valence electrons. The smallest absolute Gasteiger partial charge is 0.247 e. The first kappa shape index (κ1) is 17.4. The minimum absolute atomic E-state index is 0.362. The molecule has 1 fully saturated rings. The van der Waals surface area contributed by atoms with Crippen LogP contribution in [0.5, 0.6) is 0 Å². The van der Waals surface area contributed by atoms with Crippen molar-refractivity contribution in [1.82, 2.24) is 19.7 Å². The molecule has 0 aliphatic carbocycles. The lowest BCUT2D eigenvalue weighted by Crippen LogP contribution is -2.29. The minimum atomic E-state index is -0.924. The number of aromatic nitrogens is 4. The Bertz CT molecular complexity index is 949. The Morgan fingerprint density at radius 3 is 2.56 bits per heavy atom. The van der Waals surface area contributed by atoms with Crippen LogP contribution in [-0.2, 0) is 0 Å². The second-order valence-electron chi connectivity index (χ2n) is 6.61. The third kappa shape index (κ3) is 3.74. The number of aryl methyl sites for hydroxylation is 1. The lowest BCUT2D eigenvalue weighted by Gasteiger charge is -2.29. The molecule has 3 aromatic rings. The molecule has 4 rings (SSSR count). The number of rotatable bonds is 4. The van der Waals surface area contributed by atoms with Crippen LogP contribution in [0.3, 0.4) is 0 Å². The number of anilines is 3. The summed E-state index contributed by atoms with van der Waals surface area (Å²) < 4.78 is 27.9. The molecule has 3 heterocycles. The van der Waals surface area contributed by atoms with Gasteiger partial charge in [-0.15, -0.1) is 5.10 Å². The molecular weight excluding hydrogens is 350 g/mol. The molecule has 6 nitrogen and oxygen atoms in total. The molecule has 0 atom stereocenters. The number of hydrogen-bond donors (Lipinski definition) is 1. The third-order valence-electron chi connectivity index (χ3n) is 4.70. The van der Waals surface area contributed by atoms with E-state index in [4.69, 9.17) is 0 Å². The molecule has 1 aliphatic heterocycles. The van der Waals surface area contributed by atoms with Gasteiger partial charge >= 0.3 is 0 Å². The zero-order valence-electron chi connectivity index (χ0n) is 15.0. The Morgan fingerprint density at radius 2 is 1.78 bits per heavy atom. The molecule has 0 bridgehead atoms. The van der Waals surface area contributed by atoms with E-state index in [-0.39, 0.29) is 0 Å². The summed E-state index contributed by atoms with van der Waals surface area (Å²) in [5, 5.41) is 7.46. The fourth-order valence-corrected chi connectivity index (χ4v) is 3.17. The lowest BCUT2D eigenvalue weighted by atomic mass is 10.1. The van der Waals surface area contributed by atoms with Gasteiger partial charge in [-0.3, -0.25) is 4.98 Å². The Morgan fingerprint density at radius 1 is 0.963 bits per heavy atom. The van der Waals surface area contributed by atoms with Gasteiger partial charge in [0, 0.05) is 19.2 Å². The van der Waals surface area contributed by atoms with Crippen LogP contribution in [0.15, 0.2) is 36.8 Å². The third-order valence-corrected chi connectivity index (χ3v) is 4.70. The van der Waals surface area contributed by atoms with E-state index in [1.54, 1.807) is 0 Å².